The summed E-state index contributed by atoms with van der Waals surface area (Å²) in [6.45, 7) is 1.63. The molecule has 0 fully saturated rings. The van der Waals surface area contributed by atoms with Crippen LogP contribution in [0.5, 0.6) is 0 Å². The molecule has 0 aliphatic heterocycles. The molecular weight excluding hydrogens is 280 g/mol. The quantitative estimate of drug-likeness (QED) is 0.910. The lowest BCUT2D eigenvalue weighted by atomic mass is 10.3. The van der Waals surface area contributed by atoms with Crippen LogP contribution in [-0.2, 0) is 11.3 Å². The first-order valence-electron chi connectivity index (χ1n) is 5.92. The van der Waals surface area contributed by atoms with E-state index in [1.807, 2.05) is 0 Å². The van der Waals surface area contributed by atoms with Crippen molar-refractivity contribution in [1.29, 1.82) is 0 Å². The van der Waals surface area contributed by atoms with Crippen LogP contribution in [-0.4, -0.2) is 21.6 Å². The summed E-state index contributed by atoms with van der Waals surface area (Å²) >= 11 is 5.75. The molecule has 0 aliphatic rings. The molecule has 0 radical (unpaired) electrons. The summed E-state index contributed by atoms with van der Waals surface area (Å²) in [6.07, 6.45) is 1.58. The molecule has 2 aromatic rings. The maximum absolute atomic E-state index is 11.9. The number of halogens is 1. The van der Waals surface area contributed by atoms with Gasteiger partial charge in [-0.1, -0.05) is 11.6 Å². The normalized spacial score (nSPS) is 10.3. The number of carbonyl (C=O) groups is 2. The van der Waals surface area contributed by atoms with Crippen LogP contribution in [0.1, 0.15) is 16.1 Å². The number of carbonyl (C=O) groups excluding carboxylic acids is 1. The predicted octanol–water partition coefficient (Wildman–Crippen LogP) is 2.79. The molecule has 2 N–H and O–H groups in total. The lowest BCUT2D eigenvalue weighted by molar-refractivity contribution is -0.116. The average molecular weight is 293 g/mol. The van der Waals surface area contributed by atoms with Gasteiger partial charge in [-0.2, -0.15) is 0 Å². The first kappa shape index (κ1) is 14.1. The molecule has 1 heterocycles. The van der Waals surface area contributed by atoms with E-state index in [1.54, 1.807) is 43.5 Å². The lowest BCUT2D eigenvalue weighted by Gasteiger charge is -2.08. The van der Waals surface area contributed by atoms with Gasteiger partial charge in [-0.25, -0.2) is 4.79 Å². The summed E-state index contributed by atoms with van der Waals surface area (Å²) in [5, 5.41) is 12.4. The minimum atomic E-state index is -1.05. The van der Waals surface area contributed by atoms with Crippen LogP contribution in [0.3, 0.4) is 0 Å². The smallest absolute Gasteiger partial charge is 0.352 e. The molecule has 0 spiro atoms. The van der Waals surface area contributed by atoms with Gasteiger partial charge in [0.15, 0.2) is 0 Å². The molecule has 0 atom stereocenters. The van der Waals surface area contributed by atoms with Gasteiger partial charge < -0.3 is 15.0 Å². The van der Waals surface area contributed by atoms with Crippen molar-refractivity contribution >= 4 is 29.2 Å². The minimum absolute atomic E-state index is 0.0574. The van der Waals surface area contributed by atoms with Gasteiger partial charge in [0.2, 0.25) is 5.91 Å². The number of rotatable bonds is 4. The van der Waals surface area contributed by atoms with Crippen LogP contribution in [0, 0.1) is 6.92 Å². The molecule has 20 heavy (non-hydrogen) atoms. The van der Waals surface area contributed by atoms with Crippen LogP contribution in [0.4, 0.5) is 5.69 Å². The topological polar surface area (TPSA) is 71.3 Å². The Morgan fingerprint density at radius 1 is 1.25 bits per heavy atom. The molecule has 2 rings (SSSR count). The van der Waals surface area contributed by atoms with Crippen molar-refractivity contribution in [1.82, 2.24) is 4.57 Å². The van der Waals surface area contributed by atoms with E-state index in [1.165, 1.54) is 4.57 Å². The molecule has 0 saturated heterocycles. The first-order valence-corrected chi connectivity index (χ1v) is 6.29. The number of aromatic carboxylic acids is 1. The molecule has 5 nitrogen and oxygen atoms in total. The number of nitrogens with zero attached hydrogens (tertiary/aromatic N) is 1. The van der Waals surface area contributed by atoms with Crippen molar-refractivity contribution in [2.45, 2.75) is 13.5 Å². The fourth-order valence-corrected chi connectivity index (χ4v) is 2.02. The van der Waals surface area contributed by atoms with Gasteiger partial charge in [-0.05, 0) is 42.8 Å². The van der Waals surface area contributed by atoms with Gasteiger partial charge in [0.1, 0.15) is 12.2 Å². The predicted molar refractivity (Wildman–Crippen MR) is 76.2 cm³/mol. The number of hydrogen-bond acceptors (Lipinski definition) is 2. The number of carboxylic acid groups (broad SMARTS) is 1. The van der Waals surface area contributed by atoms with Gasteiger partial charge in [0.05, 0.1) is 0 Å². The van der Waals surface area contributed by atoms with Gasteiger partial charge in [0.25, 0.3) is 0 Å². The van der Waals surface area contributed by atoms with E-state index < -0.39 is 5.97 Å². The molecule has 1 aromatic heterocycles. The Hall–Kier alpha value is -2.27. The summed E-state index contributed by atoms with van der Waals surface area (Å²) in [7, 11) is 0. The second-order valence-corrected chi connectivity index (χ2v) is 4.77. The van der Waals surface area contributed by atoms with Crippen LogP contribution >= 0.6 is 11.6 Å². The maximum Gasteiger partial charge on any atom is 0.352 e. The van der Waals surface area contributed by atoms with Crippen molar-refractivity contribution in [3.63, 3.8) is 0 Å². The molecule has 0 unspecified atom stereocenters. The highest BCUT2D eigenvalue weighted by atomic mass is 35.5. The summed E-state index contributed by atoms with van der Waals surface area (Å²) in [5.74, 6) is -1.35. The van der Waals surface area contributed by atoms with E-state index in [0.29, 0.717) is 16.3 Å². The van der Waals surface area contributed by atoms with Crippen LogP contribution in [0.25, 0.3) is 0 Å². The molecule has 0 saturated carbocycles. The van der Waals surface area contributed by atoms with E-state index in [4.69, 9.17) is 16.7 Å². The van der Waals surface area contributed by atoms with Crippen molar-refractivity contribution in [2.75, 3.05) is 5.32 Å². The molecule has 1 aromatic carbocycles. The van der Waals surface area contributed by atoms with Gasteiger partial charge >= 0.3 is 5.97 Å². The summed E-state index contributed by atoms with van der Waals surface area (Å²) < 4.78 is 1.41. The Morgan fingerprint density at radius 3 is 2.50 bits per heavy atom. The van der Waals surface area contributed by atoms with Crippen molar-refractivity contribution in [3.05, 3.63) is 52.8 Å². The van der Waals surface area contributed by atoms with Gasteiger partial charge in [-0.15, -0.1) is 0 Å². The lowest BCUT2D eigenvalue weighted by Crippen LogP contribution is -2.21. The Labute approximate surface area is 120 Å². The SMILES string of the molecule is Cc1ccn(CC(=O)Nc2ccc(Cl)cc2)c1C(=O)O. The van der Waals surface area contributed by atoms with E-state index in [2.05, 4.69) is 5.32 Å². The summed E-state index contributed by atoms with van der Waals surface area (Å²) in [5.41, 5.74) is 1.35. The van der Waals surface area contributed by atoms with Crippen molar-refractivity contribution in [3.8, 4) is 0 Å². The maximum atomic E-state index is 11.9. The van der Waals surface area contributed by atoms with Gasteiger partial charge in [0, 0.05) is 16.9 Å². The van der Waals surface area contributed by atoms with Crippen molar-refractivity contribution in [2.24, 2.45) is 0 Å². The minimum Gasteiger partial charge on any atom is -0.477 e. The van der Waals surface area contributed by atoms with E-state index >= 15 is 0 Å². The fourth-order valence-electron chi connectivity index (χ4n) is 1.89. The average Bonchev–Trinajstić information content (AvgIpc) is 2.73. The zero-order valence-corrected chi connectivity index (χ0v) is 11.5. The van der Waals surface area contributed by atoms with E-state index in [9.17, 15) is 9.59 Å². The largest absolute Gasteiger partial charge is 0.477 e. The Balaban J connectivity index is 2.09. The van der Waals surface area contributed by atoms with Crippen LogP contribution in [0.15, 0.2) is 36.5 Å². The molecule has 0 aliphatic carbocycles. The van der Waals surface area contributed by atoms with Crippen LogP contribution < -0.4 is 5.32 Å². The Kier molecular flexibility index (Phi) is 4.10. The van der Waals surface area contributed by atoms with Crippen molar-refractivity contribution < 1.29 is 14.7 Å². The number of benzene rings is 1. The third-order valence-electron chi connectivity index (χ3n) is 2.81. The Morgan fingerprint density at radius 2 is 1.90 bits per heavy atom. The zero-order chi connectivity index (χ0) is 14.7. The molecular formula is C14H13ClN2O3. The molecule has 0 bridgehead atoms. The number of aryl methyl sites for hydroxylation is 1. The summed E-state index contributed by atoms with van der Waals surface area (Å²) in [6, 6.07) is 8.36. The number of anilines is 1. The highest BCUT2D eigenvalue weighted by Gasteiger charge is 2.15. The van der Waals surface area contributed by atoms with Gasteiger partial charge in [-0.3, -0.25) is 4.79 Å². The first-order chi connectivity index (χ1) is 9.47. The van der Waals surface area contributed by atoms with E-state index in [-0.39, 0.29) is 18.1 Å². The third-order valence-corrected chi connectivity index (χ3v) is 3.06. The standard InChI is InChI=1S/C14H13ClN2O3/c1-9-6-7-17(13(9)14(19)20)8-12(18)16-11-4-2-10(15)3-5-11/h2-7H,8H2,1H3,(H,16,18)(H,19,20). The highest BCUT2D eigenvalue weighted by Crippen LogP contribution is 2.14. The van der Waals surface area contributed by atoms with E-state index in [0.717, 1.165) is 0 Å². The molecule has 6 heteroatoms. The second-order valence-electron chi connectivity index (χ2n) is 4.34. The Bertz CT molecular complexity index is 647. The monoisotopic (exact) mass is 292 g/mol. The number of amides is 1. The number of nitrogens with one attached hydrogen (secondary N) is 1. The molecule has 104 valence electrons. The van der Waals surface area contributed by atoms with Crippen LogP contribution in [0.2, 0.25) is 5.02 Å². The zero-order valence-electron chi connectivity index (χ0n) is 10.8. The third kappa shape index (κ3) is 3.19. The fraction of sp³-hybridized carbons (Fsp3) is 0.143. The number of carboxylic acids is 1. The molecule has 1 amide bonds. The number of hydrogen-bond donors (Lipinski definition) is 2. The second kappa shape index (κ2) is 5.79. The highest BCUT2D eigenvalue weighted by molar-refractivity contribution is 6.30. The summed E-state index contributed by atoms with van der Waals surface area (Å²) in [4.78, 5) is 23.0. The number of aromatic nitrogens is 1.